The number of aryl methyl sites for hydroxylation is 1. The lowest BCUT2D eigenvalue weighted by atomic mass is 10.1. The van der Waals surface area contributed by atoms with Crippen molar-refractivity contribution in [1.29, 1.82) is 0 Å². The van der Waals surface area contributed by atoms with Gasteiger partial charge in [-0.15, -0.1) is 16.8 Å². The maximum atomic E-state index is 13.3. The monoisotopic (exact) mass is 438 g/mol. The molecule has 1 fully saturated rings. The van der Waals surface area contributed by atoms with Crippen molar-refractivity contribution in [2.75, 3.05) is 5.32 Å². The van der Waals surface area contributed by atoms with Crippen LogP contribution in [0.4, 0.5) is 5.69 Å². The molecule has 1 unspecified atom stereocenters. The SMILES string of the molecule is C=CCn1c(SC(C(=O)Nc2ccc(C)c(Cl)c2)c2ccccc2)nnc1C1CC1. The third kappa shape index (κ3) is 4.60. The first-order chi connectivity index (χ1) is 14.6. The van der Waals surface area contributed by atoms with Gasteiger partial charge in [-0.1, -0.05) is 65.8 Å². The summed E-state index contributed by atoms with van der Waals surface area (Å²) in [5.41, 5.74) is 2.54. The zero-order valence-electron chi connectivity index (χ0n) is 16.7. The molecule has 1 aromatic heterocycles. The number of carbonyl (C=O) groups is 1. The van der Waals surface area contributed by atoms with E-state index in [1.54, 1.807) is 6.07 Å². The van der Waals surface area contributed by atoms with Gasteiger partial charge in [-0.2, -0.15) is 0 Å². The molecule has 3 aromatic rings. The Morgan fingerprint density at radius 3 is 2.73 bits per heavy atom. The maximum absolute atomic E-state index is 13.3. The van der Waals surface area contributed by atoms with Crippen molar-refractivity contribution in [2.45, 2.75) is 42.6 Å². The normalized spacial score (nSPS) is 14.3. The van der Waals surface area contributed by atoms with Gasteiger partial charge < -0.3 is 9.88 Å². The Labute approximate surface area is 185 Å². The van der Waals surface area contributed by atoms with E-state index in [0.29, 0.717) is 23.2 Å². The van der Waals surface area contributed by atoms with E-state index in [1.807, 2.05) is 55.5 Å². The van der Waals surface area contributed by atoms with Gasteiger partial charge in [0.15, 0.2) is 5.16 Å². The lowest BCUT2D eigenvalue weighted by molar-refractivity contribution is -0.115. The quantitative estimate of drug-likeness (QED) is 0.358. The molecule has 5 nitrogen and oxygen atoms in total. The van der Waals surface area contributed by atoms with E-state index in [2.05, 4.69) is 26.7 Å². The molecule has 1 aliphatic rings. The van der Waals surface area contributed by atoms with Crippen LogP contribution in [0.1, 0.15) is 41.0 Å². The first-order valence-corrected chi connectivity index (χ1v) is 11.1. The Bertz CT molecular complexity index is 1060. The molecule has 1 aliphatic carbocycles. The summed E-state index contributed by atoms with van der Waals surface area (Å²) in [7, 11) is 0. The van der Waals surface area contributed by atoms with E-state index in [9.17, 15) is 4.79 Å². The third-order valence-corrected chi connectivity index (χ3v) is 6.64. The number of carbonyl (C=O) groups excluding carboxylic acids is 1. The Morgan fingerprint density at radius 1 is 1.30 bits per heavy atom. The van der Waals surface area contributed by atoms with Crippen molar-refractivity contribution in [3.05, 3.63) is 83.2 Å². The lowest BCUT2D eigenvalue weighted by Gasteiger charge is -2.17. The molecule has 0 radical (unpaired) electrons. The second kappa shape index (κ2) is 9.06. The van der Waals surface area contributed by atoms with Crippen LogP contribution in [0.5, 0.6) is 0 Å². The fourth-order valence-electron chi connectivity index (χ4n) is 3.22. The Kier molecular flexibility index (Phi) is 6.25. The zero-order chi connectivity index (χ0) is 21.1. The maximum Gasteiger partial charge on any atom is 0.242 e. The summed E-state index contributed by atoms with van der Waals surface area (Å²) < 4.78 is 2.07. The van der Waals surface area contributed by atoms with Gasteiger partial charge in [-0.05, 0) is 43.0 Å². The zero-order valence-corrected chi connectivity index (χ0v) is 18.3. The average molecular weight is 439 g/mol. The minimum atomic E-state index is -0.480. The van der Waals surface area contributed by atoms with E-state index in [0.717, 1.165) is 34.9 Å². The number of benzene rings is 2. The fourth-order valence-corrected chi connectivity index (χ4v) is 4.45. The predicted octanol–water partition coefficient (Wildman–Crippen LogP) is 5.78. The first kappa shape index (κ1) is 20.7. The van der Waals surface area contributed by atoms with Crippen LogP contribution in [0.2, 0.25) is 5.02 Å². The molecule has 1 atom stereocenters. The third-order valence-electron chi connectivity index (χ3n) is 5.00. The van der Waals surface area contributed by atoms with Crippen molar-refractivity contribution in [3.63, 3.8) is 0 Å². The highest BCUT2D eigenvalue weighted by molar-refractivity contribution is 8.00. The van der Waals surface area contributed by atoms with Gasteiger partial charge in [0, 0.05) is 23.2 Å². The van der Waals surface area contributed by atoms with Gasteiger partial charge in [-0.3, -0.25) is 4.79 Å². The molecule has 2 aromatic carbocycles. The number of amides is 1. The number of halogens is 1. The first-order valence-electron chi connectivity index (χ1n) is 9.89. The number of hydrogen-bond donors (Lipinski definition) is 1. The van der Waals surface area contributed by atoms with Crippen molar-refractivity contribution in [3.8, 4) is 0 Å². The van der Waals surface area contributed by atoms with E-state index in [4.69, 9.17) is 11.6 Å². The van der Waals surface area contributed by atoms with Crippen molar-refractivity contribution >= 4 is 35.0 Å². The van der Waals surface area contributed by atoms with Crippen molar-refractivity contribution in [2.24, 2.45) is 0 Å². The van der Waals surface area contributed by atoms with Gasteiger partial charge in [-0.25, -0.2) is 0 Å². The van der Waals surface area contributed by atoms with Crippen LogP contribution in [0.25, 0.3) is 0 Å². The van der Waals surface area contributed by atoms with Crippen LogP contribution in [-0.2, 0) is 11.3 Å². The number of thioether (sulfide) groups is 1. The number of rotatable bonds is 8. The molecule has 1 N–H and O–H groups in total. The molecule has 154 valence electrons. The van der Waals surface area contributed by atoms with Crippen molar-refractivity contribution in [1.82, 2.24) is 14.8 Å². The van der Waals surface area contributed by atoms with Gasteiger partial charge >= 0.3 is 0 Å². The van der Waals surface area contributed by atoms with Gasteiger partial charge in [0.1, 0.15) is 11.1 Å². The van der Waals surface area contributed by atoms with Gasteiger partial charge in [0.05, 0.1) is 0 Å². The van der Waals surface area contributed by atoms with E-state index in [1.165, 1.54) is 11.8 Å². The molecule has 4 rings (SSSR count). The molecular weight excluding hydrogens is 416 g/mol. The highest BCUT2D eigenvalue weighted by atomic mass is 35.5. The summed E-state index contributed by atoms with van der Waals surface area (Å²) in [4.78, 5) is 13.3. The molecular formula is C23H23ClN4OS. The Morgan fingerprint density at radius 2 is 2.07 bits per heavy atom. The largest absolute Gasteiger partial charge is 0.325 e. The molecule has 0 spiro atoms. The summed E-state index contributed by atoms with van der Waals surface area (Å²) >= 11 is 7.64. The van der Waals surface area contributed by atoms with Crippen LogP contribution in [0.15, 0.2) is 66.3 Å². The minimum absolute atomic E-state index is 0.132. The van der Waals surface area contributed by atoms with Crippen LogP contribution in [0, 0.1) is 6.92 Å². The standard InChI is InChI=1S/C23H23ClN4OS/c1-3-13-28-21(17-10-11-17)26-27-23(28)30-20(16-7-5-4-6-8-16)22(29)25-18-12-9-15(2)19(24)14-18/h3-9,12,14,17,20H,1,10-11,13H2,2H3,(H,25,29). The van der Waals surface area contributed by atoms with Gasteiger partial charge in [0.25, 0.3) is 0 Å². The van der Waals surface area contributed by atoms with E-state index in [-0.39, 0.29) is 5.91 Å². The molecule has 0 bridgehead atoms. The number of nitrogens with zero attached hydrogens (tertiary/aromatic N) is 3. The minimum Gasteiger partial charge on any atom is -0.325 e. The number of aromatic nitrogens is 3. The fraction of sp³-hybridized carbons (Fsp3) is 0.261. The number of hydrogen-bond acceptors (Lipinski definition) is 4. The molecule has 1 saturated carbocycles. The highest BCUT2D eigenvalue weighted by Crippen LogP contribution is 2.42. The Hall–Kier alpha value is -2.57. The molecule has 0 aliphatic heterocycles. The molecule has 30 heavy (non-hydrogen) atoms. The van der Waals surface area contributed by atoms with Crippen LogP contribution in [-0.4, -0.2) is 20.7 Å². The molecule has 0 saturated heterocycles. The van der Waals surface area contributed by atoms with Crippen LogP contribution >= 0.6 is 23.4 Å². The summed E-state index contributed by atoms with van der Waals surface area (Å²) in [5, 5.41) is 12.7. The summed E-state index contributed by atoms with van der Waals surface area (Å²) in [6.45, 7) is 6.42. The number of nitrogens with one attached hydrogen (secondary N) is 1. The predicted molar refractivity (Wildman–Crippen MR) is 122 cm³/mol. The second-order valence-electron chi connectivity index (χ2n) is 7.38. The summed E-state index contributed by atoms with van der Waals surface area (Å²) in [5.74, 6) is 1.31. The topological polar surface area (TPSA) is 59.8 Å². The molecule has 1 amide bonds. The number of anilines is 1. The lowest BCUT2D eigenvalue weighted by Crippen LogP contribution is -2.19. The van der Waals surface area contributed by atoms with Crippen molar-refractivity contribution < 1.29 is 4.79 Å². The van der Waals surface area contributed by atoms with E-state index >= 15 is 0 Å². The average Bonchev–Trinajstić information content (AvgIpc) is 3.52. The smallest absolute Gasteiger partial charge is 0.242 e. The van der Waals surface area contributed by atoms with Crippen LogP contribution in [0.3, 0.4) is 0 Å². The molecule has 1 heterocycles. The Balaban J connectivity index is 1.63. The van der Waals surface area contributed by atoms with E-state index < -0.39 is 5.25 Å². The summed E-state index contributed by atoms with van der Waals surface area (Å²) in [6, 6.07) is 15.2. The highest BCUT2D eigenvalue weighted by Gasteiger charge is 2.32. The second-order valence-corrected chi connectivity index (χ2v) is 8.86. The van der Waals surface area contributed by atoms with Gasteiger partial charge in [0.2, 0.25) is 5.91 Å². The molecule has 7 heteroatoms. The van der Waals surface area contributed by atoms with Crippen LogP contribution < -0.4 is 5.32 Å². The summed E-state index contributed by atoms with van der Waals surface area (Å²) in [6.07, 6.45) is 4.11. The number of allylic oxidation sites excluding steroid dienone is 1.